The fraction of sp³-hybridized carbons (Fsp3) is 0.0667. The maximum Gasteiger partial charge on any atom is 0.159 e. The van der Waals surface area contributed by atoms with Crippen molar-refractivity contribution in [3.05, 3.63) is 59.9 Å². The molecule has 3 aromatic rings. The van der Waals surface area contributed by atoms with Crippen molar-refractivity contribution < 1.29 is 0 Å². The maximum absolute atomic E-state index is 5.90. The zero-order valence-corrected chi connectivity index (χ0v) is 12.4. The lowest BCUT2D eigenvalue weighted by molar-refractivity contribution is 0.830. The molecule has 0 atom stereocenters. The molecule has 5 heteroatoms. The molecule has 100 valence electrons. The molecule has 3 rings (SSSR count). The van der Waals surface area contributed by atoms with E-state index < -0.39 is 0 Å². The van der Waals surface area contributed by atoms with E-state index in [0.717, 1.165) is 26.5 Å². The number of benzene rings is 1. The van der Waals surface area contributed by atoms with Crippen molar-refractivity contribution >= 4 is 23.4 Å². The summed E-state index contributed by atoms with van der Waals surface area (Å²) in [5, 5.41) is 1.81. The summed E-state index contributed by atoms with van der Waals surface area (Å²) in [4.78, 5) is 9.91. The van der Waals surface area contributed by atoms with Gasteiger partial charge in [-0.15, -0.1) is 0 Å². The minimum absolute atomic E-state index is 0.744. The van der Waals surface area contributed by atoms with Crippen LogP contribution in [0.25, 0.3) is 11.5 Å². The van der Waals surface area contributed by atoms with Crippen LogP contribution in [0.3, 0.4) is 0 Å². The zero-order chi connectivity index (χ0) is 13.9. The summed E-state index contributed by atoms with van der Waals surface area (Å²) in [5.41, 5.74) is 0.873. The maximum atomic E-state index is 5.90. The summed E-state index contributed by atoms with van der Waals surface area (Å²) in [6, 6.07) is 13.6. The van der Waals surface area contributed by atoms with Crippen LogP contribution >= 0.6 is 23.4 Å². The van der Waals surface area contributed by atoms with E-state index in [9.17, 15) is 0 Å². The molecule has 0 amide bonds. The molecule has 3 nitrogen and oxygen atoms in total. The molecule has 0 spiro atoms. The highest BCUT2D eigenvalue weighted by Gasteiger charge is 2.10. The molecule has 20 heavy (non-hydrogen) atoms. The highest BCUT2D eigenvalue weighted by molar-refractivity contribution is 7.99. The third-order valence-corrected chi connectivity index (χ3v) is 4.22. The predicted molar refractivity (Wildman–Crippen MR) is 82.0 cm³/mol. The van der Waals surface area contributed by atoms with Crippen LogP contribution in [0.15, 0.2) is 64.8 Å². The molecule has 1 aromatic carbocycles. The van der Waals surface area contributed by atoms with Gasteiger partial charge in [0.2, 0.25) is 0 Å². The van der Waals surface area contributed by atoms with E-state index in [4.69, 9.17) is 11.6 Å². The van der Waals surface area contributed by atoms with Crippen LogP contribution < -0.4 is 0 Å². The van der Waals surface area contributed by atoms with Gasteiger partial charge >= 0.3 is 0 Å². The van der Waals surface area contributed by atoms with Crippen LogP contribution in [-0.2, 0) is 7.05 Å². The number of pyridine rings is 1. The molecule has 2 aromatic heterocycles. The van der Waals surface area contributed by atoms with E-state index in [1.165, 1.54) is 0 Å². The first-order chi connectivity index (χ1) is 9.74. The number of imidazole rings is 1. The van der Waals surface area contributed by atoms with Gasteiger partial charge in [-0.25, -0.2) is 4.98 Å². The summed E-state index contributed by atoms with van der Waals surface area (Å²) < 4.78 is 2.04. The first kappa shape index (κ1) is 13.2. The third-order valence-electron chi connectivity index (χ3n) is 2.88. The number of rotatable bonds is 3. The fourth-order valence-corrected chi connectivity index (χ4v) is 2.81. The van der Waals surface area contributed by atoms with Gasteiger partial charge in [0.25, 0.3) is 0 Å². The average molecular weight is 302 g/mol. The topological polar surface area (TPSA) is 30.7 Å². The second kappa shape index (κ2) is 5.69. The van der Waals surface area contributed by atoms with Crippen molar-refractivity contribution in [2.75, 3.05) is 0 Å². The molecule has 0 radical (unpaired) electrons. The summed E-state index contributed by atoms with van der Waals surface area (Å²) in [6.07, 6.45) is 3.64. The van der Waals surface area contributed by atoms with E-state index in [0.29, 0.717) is 0 Å². The standard InChI is InChI=1S/C15H12ClN3S/c1-19-14(20-12-7-5-11(16)6-8-12)10-18-15(19)13-4-2-3-9-17-13/h2-10H,1H3. The highest BCUT2D eigenvalue weighted by atomic mass is 35.5. The molecular formula is C15H12ClN3S. The van der Waals surface area contributed by atoms with Crippen molar-refractivity contribution in [3.63, 3.8) is 0 Å². The Bertz CT molecular complexity index is 708. The summed E-state index contributed by atoms with van der Waals surface area (Å²) in [7, 11) is 2.00. The van der Waals surface area contributed by atoms with E-state index in [1.807, 2.05) is 60.3 Å². The van der Waals surface area contributed by atoms with Crippen molar-refractivity contribution in [1.29, 1.82) is 0 Å². The van der Waals surface area contributed by atoms with E-state index in [1.54, 1.807) is 18.0 Å². The van der Waals surface area contributed by atoms with Crippen LogP contribution in [0.5, 0.6) is 0 Å². The Labute approximate surface area is 126 Å². The van der Waals surface area contributed by atoms with Crippen molar-refractivity contribution in [2.24, 2.45) is 7.05 Å². The minimum atomic E-state index is 0.744. The summed E-state index contributed by atoms with van der Waals surface area (Å²) >= 11 is 7.55. The van der Waals surface area contributed by atoms with Crippen LogP contribution in [-0.4, -0.2) is 14.5 Å². The Morgan fingerprint density at radius 2 is 1.85 bits per heavy atom. The molecular weight excluding hydrogens is 290 g/mol. The van der Waals surface area contributed by atoms with Gasteiger partial charge in [-0.2, -0.15) is 0 Å². The van der Waals surface area contributed by atoms with Gasteiger partial charge in [-0.1, -0.05) is 29.4 Å². The molecule has 0 N–H and O–H groups in total. The van der Waals surface area contributed by atoms with Gasteiger partial charge in [0.15, 0.2) is 5.82 Å². The molecule has 0 aliphatic rings. The number of nitrogens with zero attached hydrogens (tertiary/aromatic N) is 3. The molecule has 0 unspecified atom stereocenters. The highest BCUT2D eigenvalue weighted by Crippen LogP contribution is 2.30. The van der Waals surface area contributed by atoms with Crippen molar-refractivity contribution in [1.82, 2.24) is 14.5 Å². The van der Waals surface area contributed by atoms with Crippen LogP contribution in [0.4, 0.5) is 0 Å². The SMILES string of the molecule is Cn1c(Sc2ccc(Cl)cc2)cnc1-c1ccccn1. The number of hydrogen-bond acceptors (Lipinski definition) is 3. The van der Waals surface area contributed by atoms with Crippen molar-refractivity contribution in [2.45, 2.75) is 9.92 Å². The largest absolute Gasteiger partial charge is 0.321 e. The minimum Gasteiger partial charge on any atom is -0.321 e. The normalized spacial score (nSPS) is 10.7. The lowest BCUT2D eigenvalue weighted by Gasteiger charge is -2.05. The number of hydrogen-bond donors (Lipinski definition) is 0. The Morgan fingerprint density at radius 3 is 2.55 bits per heavy atom. The molecule has 0 saturated carbocycles. The number of aromatic nitrogens is 3. The fourth-order valence-electron chi connectivity index (χ4n) is 1.85. The Balaban J connectivity index is 1.89. The van der Waals surface area contributed by atoms with Gasteiger partial charge in [0.1, 0.15) is 5.69 Å². The second-order valence-electron chi connectivity index (χ2n) is 4.25. The van der Waals surface area contributed by atoms with Gasteiger partial charge in [-0.3, -0.25) is 4.98 Å². The summed E-state index contributed by atoms with van der Waals surface area (Å²) in [5.74, 6) is 0.863. The molecule has 0 saturated heterocycles. The van der Waals surface area contributed by atoms with E-state index in [-0.39, 0.29) is 0 Å². The van der Waals surface area contributed by atoms with E-state index >= 15 is 0 Å². The lowest BCUT2D eigenvalue weighted by Crippen LogP contribution is -1.95. The number of halogens is 1. The smallest absolute Gasteiger partial charge is 0.159 e. The van der Waals surface area contributed by atoms with Crippen LogP contribution in [0.2, 0.25) is 5.02 Å². The zero-order valence-electron chi connectivity index (χ0n) is 10.8. The lowest BCUT2D eigenvalue weighted by atomic mass is 10.3. The third kappa shape index (κ3) is 2.71. The van der Waals surface area contributed by atoms with Crippen LogP contribution in [0.1, 0.15) is 0 Å². The molecule has 0 aliphatic heterocycles. The molecule has 0 bridgehead atoms. The Kier molecular flexibility index (Phi) is 3.76. The monoisotopic (exact) mass is 301 g/mol. The molecule has 0 fully saturated rings. The van der Waals surface area contributed by atoms with Gasteiger partial charge in [0.05, 0.1) is 11.2 Å². The van der Waals surface area contributed by atoms with Gasteiger partial charge in [-0.05, 0) is 36.4 Å². The van der Waals surface area contributed by atoms with E-state index in [2.05, 4.69) is 9.97 Å². The van der Waals surface area contributed by atoms with Crippen molar-refractivity contribution in [3.8, 4) is 11.5 Å². The van der Waals surface area contributed by atoms with Crippen LogP contribution in [0, 0.1) is 0 Å². The van der Waals surface area contributed by atoms with Gasteiger partial charge < -0.3 is 4.57 Å². The first-order valence-electron chi connectivity index (χ1n) is 6.10. The first-order valence-corrected chi connectivity index (χ1v) is 7.30. The second-order valence-corrected chi connectivity index (χ2v) is 5.78. The molecule has 2 heterocycles. The average Bonchev–Trinajstić information content (AvgIpc) is 2.84. The Hall–Kier alpha value is -1.78. The summed E-state index contributed by atoms with van der Waals surface area (Å²) in [6.45, 7) is 0. The predicted octanol–water partition coefficient (Wildman–Crippen LogP) is 4.29. The van der Waals surface area contributed by atoms with Gasteiger partial charge in [0, 0.05) is 23.2 Å². The molecule has 0 aliphatic carbocycles. The Morgan fingerprint density at radius 1 is 1.05 bits per heavy atom. The quantitative estimate of drug-likeness (QED) is 0.723.